The number of aromatic nitrogens is 3. The Kier molecular flexibility index (Phi) is 4.10. The zero-order valence-corrected chi connectivity index (χ0v) is 13.8. The molecule has 7 heteroatoms. The number of nitrogens with zero attached hydrogens (tertiary/aromatic N) is 3. The Bertz CT molecular complexity index is 717. The van der Waals surface area contributed by atoms with Gasteiger partial charge in [-0.3, -0.25) is 9.89 Å². The van der Waals surface area contributed by atoms with E-state index in [1.54, 1.807) is 6.20 Å². The van der Waals surface area contributed by atoms with Crippen LogP contribution in [0.1, 0.15) is 43.0 Å². The number of ether oxygens (including phenoxy) is 1. The van der Waals surface area contributed by atoms with E-state index in [-0.39, 0.29) is 17.9 Å². The van der Waals surface area contributed by atoms with Crippen molar-refractivity contribution in [2.75, 3.05) is 19.7 Å². The first-order chi connectivity index (χ1) is 11.7. The molecule has 128 valence electrons. The molecule has 2 fully saturated rings. The molecule has 1 amide bonds. The fraction of sp³-hybridized carbons (Fsp3) is 0.588. The highest BCUT2D eigenvalue weighted by Crippen LogP contribution is 2.33. The Morgan fingerprint density at radius 2 is 2.29 bits per heavy atom. The van der Waals surface area contributed by atoms with E-state index in [1.165, 1.54) is 0 Å². The largest absolute Gasteiger partial charge is 0.368 e. The highest BCUT2D eigenvalue weighted by molar-refractivity contribution is 5.81. The van der Waals surface area contributed by atoms with Crippen molar-refractivity contribution in [3.8, 4) is 11.3 Å². The van der Waals surface area contributed by atoms with E-state index in [1.807, 2.05) is 17.9 Å². The molecule has 0 unspecified atom stereocenters. The number of likely N-dealkylation sites (tertiary alicyclic amines) is 1. The molecule has 2 aromatic rings. The third-order valence-electron chi connectivity index (χ3n) is 4.91. The van der Waals surface area contributed by atoms with Crippen molar-refractivity contribution in [3.63, 3.8) is 0 Å². The third kappa shape index (κ3) is 2.84. The minimum Gasteiger partial charge on any atom is -0.368 e. The molecular formula is C17H22N4O3. The molecule has 1 N–H and O–H groups in total. The molecule has 4 heterocycles. The second-order valence-corrected chi connectivity index (χ2v) is 6.65. The first-order valence-corrected chi connectivity index (χ1v) is 8.59. The van der Waals surface area contributed by atoms with Gasteiger partial charge < -0.3 is 14.2 Å². The predicted octanol–water partition coefficient (Wildman–Crippen LogP) is 2.26. The fourth-order valence-corrected chi connectivity index (χ4v) is 3.68. The molecule has 2 aliphatic heterocycles. The highest BCUT2D eigenvalue weighted by atomic mass is 16.5. The lowest BCUT2D eigenvalue weighted by atomic mass is 9.91. The van der Waals surface area contributed by atoms with E-state index >= 15 is 0 Å². The number of hydrogen-bond donors (Lipinski definition) is 1. The maximum Gasteiger partial charge on any atom is 0.251 e. The van der Waals surface area contributed by atoms with Crippen LogP contribution in [0.2, 0.25) is 0 Å². The van der Waals surface area contributed by atoms with Gasteiger partial charge >= 0.3 is 0 Å². The topological polar surface area (TPSA) is 84.2 Å². The van der Waals surface area contributed by atoms with Gasteiger partial charge in [-0.25, -0.2) is 0 Å². The monoisotopic (exact) mass is 330 g/mol. The molecule has 0 aliphatic carbocycles. The summed E-state index contributed by atoms with van der Waals surface area (Å²) in [5, 5.41) is 11.3. The van der Waals surface area contributed by atoms with Crippen LogP contribution >= 0.6 is 0 Å². The Morgan fingerprint density at radius 1 is 1.38 bits per heavy atom. The first kappa shape index (κ1) is 15.4. The number of nitrogens with one attached hydrogen (secondary N) is 1. The predicted molar refractivity (Wildman–Crippen MR) is 86.4 cm³/mol. The number of amides is 1. The quantitative estimate of drug-likeness (QED) is 0.933. The van der Waals surface area contributed by atoms with Gasteiger partial charge in [0.2, 0.25) is 0 Å². The van der Waals surface area contributed by atoms with Crippen molar-refractivity contribution in [2.24, 2.45) is 0 Å². The van der Waals surface area contributed by atoms with Crippen molar-refractivity contribution < 1.29 is 14.1 Å². The van der Waals surface area contributed by atoms with Gasteiger partial charge in [-0.1, -0.05) is 5.16 Å². The highest BCUT2D eigenvalue weighted by Gasteiger charge is 2.33. The second-order valence-electron chi connectivity index (χ2n) is 6.65. The lowest BCUT2D eigenvalue weighted by molar-refractivity contribution is -0.142. The summed E-state index contributed by atoms with van der Waals surface area (Å²) >= 11 is 0. The van der Waals surface area contributed by atoms with E-state index in [9.17, 15) is 4.79 Å². The van der Waals surface area contributed by atoms with Gasteiger partial charge in [-0.2, -0.15) is 5.10 Å². The summed E-state index contributed by atoms with van der Waals surface area (Å²) in [6.45, 7) is 4.10. The minimum atomic E-state index is -0.248. The van der Waals surface area contributed by atoms with Crippen LogP contribution in [0.3, 0.4) is 0 Å². The second kappa shape index (κ2) is 6.39. The van der Waals surface area contributed by atoms with Crippen molar-refractivity contribution in [1.82, 2.24) is 20.3 Å². The SMILES string of the molecule is Cc1cc(-c2cn[nH]c2[C@H]2CCCN(C(=O)[C@@H]3CCCO3)C2)on1. The van der Waals surface area contributed by atoms with Crippen LogP contribution in [0.25, 0.3) is 11.3 Å². The van der Waals surface area contributed by atoms with E-state index in [4.69, 9.17) is 9.26 Å². The Hall–Kier alpha value is -2.15. The fourth-order valence-electron chi connectivity index (χ4n) is 3.68. The number of hydrogen-bond acceptors (Lipinski definition) is 5. The van der Waals surface area contributed by atoms with Crippen LogP contribution < -0.4 is 0 Å². The molecule has 0 spiro atoms. The number of piperidine rings is 1. The van der Waals surface area contributed by atoms with Crippen LogP contribution in [0.15, 0.2) is 16.8 Å². The summed E-state index contributed by atoms with van der Waals surface area (Å²) in [6.07, 6.45) is 5.35. The van der Waals surface area contributed by atoms with E-state index < -0.39 is 0 Å². The zero-order valence-electron chi connectivity index (χ0n) is 13.8. The Morgan fingerprint density at radius 3 is 3.04 bits per heavy atom. The molecule has 0 bridgehead atoms. The van der Waals surface area contributed by atoms with Gasteiger partial charge in [0.1, 0.15) is 6.10 Å². The van der Waals surface area contributed by atoms with Crippen LogP contribution in [-0.4, -0.2) is 52.0 Å². The van der Waals surface area contributed by atoms with Crippen LogP contribution in [0.4, 0.5) is 0 Å². The van der Waals surface area contributed by atoms with Crippen molar-refractivity contribution in [2.45, 2.75) is 44.6 Å². The molecule has 0 aromatic carbocycles. The average molecular weight is 330 g/mol. The molecule has 4 rings (SSSR count). The molecule has 0 radical (unpaired) electrons. The smallest absolute Gasteiger partial charge is 0.251 e. The van der Waals surface area contributed by atoms with Gasteiger partial charge in [-0.05, 0) is 32.6 Å². The molecule has 2 aliphatic rings. The number of aryl methyl sites for hydroxylation is 1. The maximum absolute atomic E-state index is 12.6. The van der Waals surface area contributed by atoms with Crippen LogP contribution in [-0.2, 0) is 9.53 Å². The molecule has 2 atom stereocenters. The lowest BCUT2D eigenvalue weighted by Crippen LogP contribution is -2.44. The van der Waals surface area contributed by atoms with Gasteiger partial charge in [0.15, 0.2) is 5.76 Å². The van der Waals surface area contributed by atoms with Crippen molar-refractivity contribution in [3.05, 3.63) is 23.7 Å². The number of H-pyrrole nitrogens is 1. The molecule has 2 saturated heterocycles. The van der Waals surface area contributed by atoms with Crippen molar-refractivity contribution in [1.29, 1.82) is 0 Å². The Labute approximate surface area is 140 Å². The summed E-state index contributed by atoms with van der Waals surface area (Å²) in [5.41, 5.74) is 2.80. The third-order valence-corrected chi connectivity index (χ3v) is 4.91. The molecule has 0 saturated carbocycles. The minimum absolute atomic E-state index is 0.133. The van der Waals surface area contributed by atoms with E-state index in [0.29, 0.717) is 13.2 Å². The van der Waals surface area contributed by atoms with Gasteiger partial charge in [-0.15, -0.1) is 0 Å². The molecule has 2 aromatic heterocycles. The zero-order chi connectivity index (χ0) is 16.5. The molecule has 24 heavy (non-hydrogen) atoms. The van der Waals surface area contributed by atoms with Crippen molar-refractivity contribution >= 4 is 5.91 Å². The molecular weight excluding hydrogens is 308 g/mol. The number of carbonyl (C=O) groups is 1. The van der Waals surface area contributed by atoms with Crippen LogP contribution in [0.5, 0.6) is 0 Å². The molecule has 7 nitrogen and oxygen atoms in total. The number of aromatic amines is 1. The van der Waals surface area contributed by atoms with E-state index in [0.717, 1.165) is 54.9 Å². The van der Waals surface area contributed by atoms with Crippen LogP contribution in [0, 0.1) is 6.92 Å². The average Bonchev–Trinajstić information content (AvgIpc) is 3.35. The summed E-state index contributed by atoms with van der Waals surface area (Å²) in [5.74, 6) is 1.08. The Balaban J connectivity index is 1.52. The number of carbonyl (C=O) groups excluding carboxylic acids is 1. The maximum atomic E-state index is 12.6. The summed E-state index contributed by atoms with van der Waals surface area (Å²) in [7, 11) is 0. The van der Waals surface area contributed by atoms with Gasteiger partial charge in [0, 0.05) is 31.7 Å². The normalized spacial score (nSPS) is 24.5. The standard InChI is InChI=1S/C17H22N4O3/c1-11-8-15(24-20-11)13-9-18-19-16(13)12-4-2-6-21(10-12)17(22)14-5-3-7-23-14/h8-9,12,14H,2-7,10H2,1H3,(H,18,19)/t12-,14-/m0/s1. The number of rotatable bonds is 3. The van der Waals surface area contributed by atoms with Gasteiger partial charge in [0.25, 0.3) is 5.91 Å². The first-order valence-electron chi connectivity index (χ1n) is 8.59. The lowest BCUT2D eigenvalue weighted by Gasteiger charge is -2.33. The summed E-state index contributed by atoms with van der Waals surface area (Å²) in [4.78, 5) is 14.6. The van der Waals surface area contributed by atoms with Gasteiger partial charge in [0.05, 0.1) is 23.1 Å². The summed E-state index contributed by atoms with van der Waals surface area (Å²) < 4.78 is 10.9. The summed E-state index contributed by atoms with van der Waals surface area (Å²) in [6, 6.07) is 1.91. The van der Waals surface area contributed by atoms with E-state index in [2.05, 4.69) is 15.4 Å².